The number of fused-ring (bicyclic) bond motifs is 1. The summed E-state index contributed by atoms with van der Waals surface area (Å²) in [5, 5.41) is 10.9. The van der Waals surface area contributed by atoms with Gasteiger partial charge in [-0.25, -0.2) is 4.98 Å². The molecule has 0 radical (unpaired) electrons. The lowest BCUT2D eigenvalue weighted by Crippen LogP contribution is -2.34. The van der Waals surface area contributed by atoms with Gasteiger partial charge >= 0.3 is 0 Å². The molecule has 0 saturated carbocycles. The molecule has 0 fully saturated rings. The summed E-state index contributed by atoms with van der Waals surface area (Å²) >= 11 is 0. The van der Waals surface area contributed by atoms with Crippen LogP contribution in [0.2, 0.25) is 0 Å². The maximum atomic E-state index is 12.6. The molecule has 4 rings (SSSR count). The number of hydrogen-bond donors (Lipinski definition) is 0. The Balaban J connectivity index is 1.44. The van der Waals surface area contributed by atoms with Gasteiger partial charge in [0.1, 0.15) is 11.4 Å². The average Bonchev–Trinajstić information content (AvgIpc) is 3.22. The number of imidazole rings is 1. The highest BCUT2D eigenvalue weighted by Gasteiger charge is 2.14. The number of pyridine rings is 1. The smallest absolute Gasteiger partial charge is 0.286 e. The largest absolute Gasteiger partial charge is 0.484 e. The maximum Gasteiger partial charge on any atom is 0.286 e. The highest BCUT2D eigenvalue weighted by atomic mass is 16.6. The van der Waals surface area contributed by atoms with E-state index in [1.165, 1.54) is 12.3 Å². The molecular weight excluding hydrogens is 396 g/mol. The molecule has 0 aliphatic carbocycles. The third-order valence-corrected chi connectivity index (χ3v) is 4.84. The fraction of sp³-hybridized carbons (Fsp3) is 0.130. The molecule has 2 aromatic carbocycles. The lowest BCUT2D eigenvalue weighted by atomic mass is 10.2. The van der Waals surface area contributed by atoms with Gasteiger partial charge in [-0.2, -0.15) is 0 Å². The van der Waals surface area contributed by atoms with Crippen LogP contribution in [0.15, 0.2) is 79.1 Å². The number of carbonyl (C=O) groups is 1. The Bertz CT molecular complexity index is 1220. The highest BCUT2D eigenvalue weighted by molar-refractivity contribution is 5.94. The summed E-state index contributed by atoms with van der Waals surface area (Å²) in [6.07, 6.45) is 3.17. The molecule has 31 heavy (non-hydrogen) atoms. The predicted molar refractivity (Wildman–Crippen MR) is 117 cm³/mol. The number of benzene rings is 2. The monoisotopic (exact) mass is 416 g/mol. The average molecular weight is 416 g/mol. The fourth-order valence-corrected chi connectivity index (χ4v) is 3.28. The van der Waals surface area contributed by atoms with Gasteiger partial charge < -0.3 is 9.64 Å². The molecule has 0 aliphatic rings. The number of ether oxygens (including phenoxy) is 1. The van der Waals surface area contributed by atoms with E-state index in [1.54, 1.807) is 33.7 Å². The number of rotatable bonds is 7. The third-order valence-electron chi connectivity index (χ3n) is 4.84. The first-order valence-electron chi connectivity index (χ1n) is 9.77. The summed E-state index contributed by atoms with van der Waals surface area (Å²) in [6, 6.07) is 19.7. The minimum absolute atomic E-state index is 0.00138. The normalized spacial score (nSPS) is 10.7. The summed E-state index contributed by atoms with van der Waals surface area (Å²) in [6.45, 7) is 2.40. The van der Waals surface area contributed by atoms with Crippen molar-refractivity contribution < 1.29 is 14.5 Å². The van der Waals surface area contributed by atoms with Gasteiger partial charge in [0.25, 0.3) is 11.6 Å². The van der Waals surface area contributed by atoms with Crippen molar-refractivity contribution in [2.75, 3.05) is 18.1 Å². The first-order chi connectivity index (χ1) is 15.0. The summed E-state index contributed by atoms with van der Waals surface area (Å²) in [7, 11) is 0. The Labute approximate surface area is 178 Å². The molecule has 0 bridgehead atoms. The van der Waals surface area contributed by atoms with Crippen LogP contribution in [-0.2, 0) is 4.79 Å². The maximum absolute atomic E-state index is 12.6. The van der Waals surface area contributed by atoms with Gasteiger partial charge in [0.05, 0.1) is 16.8 Å². The molecule has 0 unspecified atom stereocenters. The van der Waals surface area contributed by atoms with Gasteiger partial charge in [-0.3, -0.25) is 19.3 Å². The number of para-hydroxylation sites is 1. The third kappa shape index (κ3) is 4.37. The van der Waals surface area contributed by atoms with Crippen LogP contribution in [0, 0.1) is 10.1 Å². The van der Waals surface area contributed by atoms with Crippen LogP contribution < -0.4 is 9.64 Å². The Morgan fingerprint density at radius 3 is 2.48 bits per heavy atom. The topological polar surface area (TPSA) is 90.0 Å². The fourth-order valence-electron chi connectivity index (χ4n) is 3.28. The molecule has 8 nitrogen and oxygen atoms in total. The molecule has 2 heterocycles. The number of nitro groups is 1. The van der Waals surface area contributed by atoms with Gasteiger partial charge in [0.2, 0.25) is 0 Å². The van der Waals surface area contributed by atoms with E-state index in [0.29, 0.717) is 23.6 Å². The van der Waals surface area contributed by atoms with Gasteiger partial charge in [-0.15, -0.1) is 0 Å². The number of aromatic nitrogens is 2. The molecule has 4 aromatic rings. The lowest BCUT2D eigenvalue weighted by Gasteiger charge is -2.21. The van der Waals surface area contributed by atoms with E-state index in [1.807, 2.05) is 49.4 Å². The van der Waals surface area contributed by atoms with Crippen LogP contribution in [0.25, 0.3) is 16.9 Å². The van der Waals surface area contributed by atoms with Crippen molar-refractivity contribution >= 4 is 22.9 Å². The molecule has 0 aliphatic heterocycles. The molecule has 0 spiro atoms. The molecular formula is C23H20N4O4. The second kappa shape index (κ2) is 8.66. The molecule has 8 heteroatoms. The Kier molecular flexibility index (Phi) is 5.61. The number of amides is 1. The van der Waals surface area contributed by atoms with Crippen molar-refractivity contribution in [3.63, 3.8) is 0 Å². The van der Waals surface area contributed by atoms with E-state index in [2.05, 4.69) is 4.98 Å². The summed E-state index contributed by atoms with van der Waals surface area (Å²) < 4.78 is 7.30. The molecule has 2 aromatic heterocycles. The summed E-state index contributed by atoms with van der Waals surface area (Å²) in [5.41, 5.74) is 2.98. The van der Waals surface area contributed by atoms with Gasteiger partial charge in [-0.1, -0.05) is 18.2 Å². The van der Waals surface area contributed by atoms with E-state index in [-0.39, 0.29) is 18.2 Å². The van der Waals surface area contributed by atoms with Crippen LogP contribution in [0.3, 0.4) is 0 Å². The van der Waals surface area contributed by atoms with Crippen molar-refractivity contribution in [1.29, 1.82) is 0 Å². The van der Waals surface area contributed by atoms with Gasteiger partial charge in [0, 0.05) is 30.1 Å². The lowest BCUT2D eigenvalue weighted by molar-refractivity contribution is -0.385. The molecule has 0 saturated heterocycles. The van der Waals surface area contributed by atoms with Gasteiger partial charge in [-0.05, 0) is 49.4 Å². The zero-order chi connectivity index (χ0) is 21.8. The SMILES string of the molecule is CCN(C(=O)COc1ccc(-c2cn3cc([N+](=O)[O-])ccc3n2)cc1)c1ccccc1. The van der Waals surface area contributed by atoms with E-state index < -0.39 is 4.92 Å². The quantitative estimate of drug-likeness (QED) is 0.330. The standard InChI is InChI=1S/C23H20N4O4/c1-2-26(18-6-4-3-5-7-18)23(28)16-31-20-11-8-17(9-12-20)21-15-25-14-19(27(29)30)10-13-22(25)24-21/h3-15H,2,16H2,1H3. The van der Waals surface area contributed by atoms with Crippen LogP contribution >= 0.6 is 0 Å². The second-order valence-corrected chi connectivity index (χ2v) is 6.82. The number of likely N-dealkylation sites (N-methyl/N-ethyl adjacent to an activating group) is 1. The van der Waals surface area contributed by atoms with Crippen molar-refractivity contribution in [2.24, 2.45) is 0 Å². The minimum atomic E-state index is -0.440. The minimum Gasteiger partial charge on any atom is -0.484 e. The highest BCUT2D eigenvalue weighted by Crippen LogP contribution is 2.24. The van der Waals surface area contributed by atoms with Crippen LogP contribution in [0.4, 0.5) is 11.4 Å². The van der Waals surface area contributed by atoms with E-state index in [0.717, 1.165) is 11.3 Å². The zero-order valence-corrected chi connectivity index (χ0v) is 16.8. The summed E-state index contributed by atoms with van der Waals surface area (Å²) in [4.78, 5) is 29.2. The van der Waals surface area contributed by atoms with E-state index in [9.17, 15) is 14.9 Å². The first-order valence-corrected chi connectivity index (χ1v) is 9.77. The molecule has 156 valence electrons. The molecule has 0 atom stereocenters. The Morgan fingerprint density at radius 1 is 1.06 bits per heavy atom. The van der Waals surface area contributed by atoms with Gasteiger partial charge in [0.15, 0.2) is 6.61 Å². The number of nitrogens with zero attached hydrogens (tertiary/aromatic N) is 4. The number of carbonyl (C=O) groups excluding carboxylic acids is 1. The van der Waals surface area contributed by atoms with Crippen molar-refractivity contribution in [2.45, 2.75) is 6.92 Å². The van der Waals surface area contributed by atoms with Crippen molar-refractivity contribution in [1.82, 2.24) is 9.38 Å². The Morgan fingerprint density at radius 2 is 1.81 bits per heavy atom. The summed E-state index contributed by atoms with van der Waals surface area (Å²) in [5.74, 6) is 0.445. The first kappa shape index (κ1) is 20.1. The van der Waals surface area contributed by atoms with Crippen LogP contribution in [-0.4, -0.2) is 33.4 Å². The molecule has 1 amide bonds. The molecule has 0 N–H and O–H groups in total. The van der Waals surface area contributed by atoms with Crippen molar-refractivity contribution in [3.05, 3.63) is 89.2 Å². The number of anilines is 1. The zero-order valence-electron chi connectivity index (χ0n) is 16.8. The van der Waals surface area contributed by atoms with E-state index in [4.69, 9.17) is 4.74 Å². The van der Waals surface area contributed by atoms with Crippen LogP contribution in [0.5, 0.6) is 5.75 Å². The van der Waals surface area contributed by atoms with E-state index >= 15 is 0 Å². The Hall–Kier alpha value is -4.20. The second-order valence-electron chi connectivity index (χ2n) is 6.82. The van der Waals surface area contributed by atoms with Crippen molar-refractivity contribution in [3.8, 4) is 17.0 Å². The van der Waals surface area contributed by atoms with Crippen LogP contribution in [0.1, 0.15) is 6.92 Å². The predicted octanol–water partition coefficient (Wildman–Crippen LogP) is 4.34. The number of hydrogen-bond acceptors (Lipinski definition) is 5.